The topological polar surface area (TPSA) is 63.2 Å². The standard InChI is InChI=1S/C13H25N5OS/c1-6-8-19-13-16-11(14-3)15-12(17-13)18(4)10(7-2)9-20-5/h10H,6-9H2,1-5H3,(H,14,15,16,17). The fraction of sp³-hybridized carbons (Fsp3) is 0.769. The highest BCUT2D eigenvalue weighted by Crippen LogP contribution is 2.18. The smallest absolute Gasteiger partial charge is 0.323 e. The van der Waals surface area contributed by atoms with Gasteiger partial charge in [0.1, 0.15) is 0 Å². The molecule has 1 N–H and O–H groups in total. The molecule has 7 heteroatoms. The molecule has 0 bridgehead atoms. The van der Waals surface area contributed by atoms with E-state index < -0.39 is 0 Å². The van der Waals surface area contributed by atoms with Gasteiger partial charge in [0, 0.05) is 25.9 Å². The molecule has 0 saturated carbocycles. The number of rotatable bonds is 9. The van der Waals surface area contributed by atoms with E-state index in [9.17, 15) is 0 Å². The van der Waals surface area contributed by atoms with Crippen LogP contribution in [-0.4, -0.2) is 53.7 Å². The third-order valence-corrected chi connectivity index (χ3v) is 3.67. The van der Waals surface area contributed by atoms with Crippen LogP contribution in [0.1, 0.15) is 26.7 Å². The largest absolute Gasteiger partial charge is 0.463 e. The Kier molecular flexibility index (Phi) is 7.43. The molecule has 0 fully saturated rings. The lowest BCUT2D eigenvalue weighted by molar-refractivity contribution is 0.291. The minimum absolute atomic E-state index is 0.382. The van der Waals surface area contributed by atoms with Gasteiger partial charge in [0.25, 0.3) is 0 Å². The maximum Gasteiger partial charge on any atom is 0.323 e. The molecule has 0 aliphatic rings. The summed E-state index contributed by atoms with van der Waals surface area (Å²) in [5, 5.41) is 2.95. The Labute approximate surface area is 125 Å². The fourth-order valence-corrected chi connectivity index (χ4v) is 2.58. The fourth-order valence-electron chi connectivity index (χ4n) is 1.73. The second-order valence-electron chi connectivity index (χ2n) is 4.47. The molecule has 1 unspecified atom stereocenters. The molecule has 0 aliphatic carbocycles. The maximum absolute atomic E-state index is 5.53. The van der Waals surface area contributed by atoms with Crippen LogP contribution in [0.4, 0.5) is 11.9 Å². The number of nitrogens with one attached hydrogen (secondary N) is 1. The van der Waals surface area contributed by atoms with E-state index in [1.165, 1.54) is 0 Å². The van der Waals surface area contributed by atoms with E-state index >= 15 is 0 Å². The zero-order chi connectivity index (χ0) is 15.0. The molecule has 0 spiro atoms. The monoisotopic (exact) mass is 299 g/mol. The number of aromatic nitrogens is 3. The molecule has 20 heavy (non-hydrogen) atoms. The lowest BCUT2D eigenvalue weighted by atomic mass is 10.2. The molecule has 1 rings (SSSR count). The highest BCUT2D eigenvalue weighted by Gasteiger charge is 2.17. The predicted octanol–water partition coefficient (Wildman–Crippen LogP) is 2.28. The van der Waals surface area contributed by atoms with Gasteiger partial charge >= 0.3 is 6.01 Å². The van der Waals surface area contributed by atoms with Gasteiger partial charge in [-0.05, 0) is 19.1 Å². The third kappa shape index (κ3) is 4.70. The third-order valence-electron chi connectivity index (χ3n) is 2.96. The average Bonchev–Trinajstić information content (AvgIpc) is 2.49. The first-order valence-electron chi connectivity index (χ1n) is 6.94. The number of hydrogen-bond donors (Lipinski definition) is 1. The van der Waals surface area contributed by atoms with Gasteiger partial charge < -0.3 is 15.0 Å². The summed E-state index contributed by atoms with van der Waals surface area (Å²) in [5.41, 5.74) is 0. The minimum Gasteiger partial charge on any atom is -0.463 e. The van der Waals surface area contributed by atoms with Crippen molar-refractivity contribution in [3.63, 3.8) is 0 Å². The maximum atomic E-state index is 5.53. The first-order chi connectivity index (χ1) is 9.65. The van der Waals surface area contributed by atoms with Gasteiger partial charge in [0.05, 0.1) is 6.61 Å². The molecule has 0 radical (unpaired) electrons. The van der Waals surface area contributed by atoms with Crippen LogP contribution in [-0.2, 0) is 0 Å². The van der Waals surface area contributed by atoms with E-state index in [-0.39, 0.29) is 0 Å². The second kappa shape index (κ2) is 8.84. The molecule has 6 nitrogen and oxygen atoms in total. The summed E-state index contributed by atoms with van der Waals surface area (Å²) in [6, 6.07) is 0.781. The van der Waals surface area contributed by atoms with Crippen LogP contribution in [0.15, 0.2) is 0 Å². The molecule has 1 atom stereocenters. The molecule has 0 saturated heterocycles. The first kappa shape index (κ1) is 16.8. The van der Waals surface area contributed by atoms with Gasteiger partial charge in [-0.25, -0.2) is 0 Å². The van der Waals surface area contributed by atoms with E-state index in [1.807, 2.05) is 18.8 Å². The zero-order valence-corrected chi connectivity index (χ0v) is 13.8. The Morgan fingerprint density at radius 2 is 2.05 bits per heavy atom. The van der Waals surface area contributed by atoms with Gasteiger partial charge in [0.15, 0.2) is 0 Å². The number of thioether (sulfide) groups is 1. The number of anilines is 2. The van der Waals surface area contributed by atoms with Crippen molar-refractivity contribution in [1.29, 1.82) is 0 Å². The van der Waals surface area contributed by atoms with Crippen molar-refractivity contribution in [3.05, 3.63) is 0 Å². The van der Waals surface area contributed by atoms with Crippen molar-refractivity contribution < 1.29 is 4.74 Å². The van der Waals surface area contributed by atoms with Crippen LogP contribution in [0.5, 0.6) is 6.01 Å². The highest BCUT2D eigenvalue weighted by atomic mass is 32.2. The van der Waals surface area contributed by atoms with Crippen LogP contribution in [0.2, 0.25) is 0 Å². The lowest BCUT2D eigenvalue weighted by Gasteiger charge is -2.26. The van der Waals surface area contributed by atoms with Gasteiger partial charge in [-0.15, -0.1) is 0 Å². The van der Waals surface area contributed by atoms with Crippen molar-refractivity contribution in [2.75, 3.05) is 42.9 Å². The Hall–Kier alpha value is -1.24. The molecule has 0 aliphatic heterocycles. The summed E-state index contributed by atoms with van der Waals surface area (Å²) in [5.74, 6) is 2.22. The highest BCUT2D eigenvalue weighted by molar-refractivity contribution is 7.98. The minimum atomic E-state index is 0.382. The number of hydrogen-bond acceptors (Lipinski definition) is 7. The van der Waals surface area contributed by atoms with Crippen LogP contribution in [0.25, 0.3) is 0 Å². The van der Waals surface area contributed by atoms with Crippen molar-refractivity contribution in [1.82, 2.24) is 15.0 Å². The van der Waals surface area contributed by atoms with Crippen LogP contribution in [0.3, 0.4) is 0 Å². The van der Waals surface area contributed by atoms with E-state index in [1.54, 1.807) is 7.05 Å². The van der Waals surface area contributed by atoms with Gasteiger partial charge in [0.2, 0.25) is 11.9 Å². The summed E-state index contributed by atoms with van der Waals surface area (Å²) in [4.78, 5) is 15.1. The Bertz CT molecular complexity index is 404. The van der Waals surface area contributed by atoms with Crippen LogP contribution in [0, 0.1) is 0 Å². The first-order valence-corrected chi connectivity index (χ1v) is 8.33. The summed E-state index contributed by atoms with van der Waals surface area (Å²) in [6.45, 7) is 4.84. The normalized spacial score (nSPS) is 12.1. The Morgan fingerprint density at radius 1 is 1.30 bits per heavy atom. The van der Waals surface area contributed by atoms with Crippen molar-refractivity contribution >= 4 is 23.7 Å². The molecule has 1 heterocycles. The van der Waals surface area contributed by atoms with Crippen molar-refractivity contribution in [2.45, 2.75) is 32.7 Å². The van der Waals surface area contributed by atoms with E-state index in [4.69, 9.17) is 4.74 Å². The van der Waals surface area contributed by atoms with Crippen molar-refractivity contribution in [2.24, 2.45) is 0 Å². The SMILES string of the molecule is CCCOc1nc(NC)nc(N(C)C(CC)CSC)n1. The number of nitrogens with zero attached hydrogens (tertiary/aromatic N) is 4. The van der Waals surface area contributed by atoms with E-state index in [0.717, 1.165) is 18.6 Å². The lowest BCUT2D eigenvalue weighted by Crippen LogP contribution is -2.34. The van der Waals surface area contributed by atoms with Gasteiger partial charge in [-0.3, -0.25) is 0 Å². The second-order valence-corrected chi connectivity index (χ2v) is 5.38. The van der Waals surface area contributed by atoms with Crippen LogP contribution >= 0.6 is 11.8 Å². The Balaban J connectivity index is 2.96. The molecular formula is C13H25N5OS. The number of ether oxygens (including phenoxy) is 1. The molecule has 0 aromatic carbocycles. The Morgan fingerprint density at radius 3 is 2.60 bits per heavy atom. The average molecular weight is 299 g/mol. The molecule has 1 aromatic rings. The zero-order valence-electron chi connectivity index (χ0n) is 13.0. The van der Waals surface area contributed by atoms with Gasteiger partial charge in [-0.2, -0.15) is 26.7 Å². The molecular weight excluding hydrogens is 274 g/mol. The summed E-state index contributed by atoms with van der Waals surface area (Å²) >= 11 is 1.83. The van der Waals surface area contributed by atoms with Crippen LogP contribution < -0.4 is 15.0 Å². The summed E-state index contributed by atoms with van der Waals surface area (Å²) < 4.78 is 5.53. The van der Waals surface area contributed by atoms with Gasteiger partial charge in [-0.1, -0.05) is 13.8 Å². The molecule has 1 aromatic heterocycles. The summed E-state index contributed by atoms with van der Waals surface area (Å²) in [7, 11) is 3.81. The van der Waals surface area contributed by atoms with E-state index in [0.29, 0.717) is 30.6 Å². The summed E-state index contributed by atoms with van der Waals surface area (Å²) in [6.07, 6.45) is 4.08. The quantitative estimate of drug-likeness (QED) is 0.750. The predicted molar refractivity (Wildman–Crippen MR) is 86.0 cm³/mol. The van der Waals surface area contributed by atoms with Crippen molar-refractivity contribution in [3.8, 4) is 6.01 Å². The molecule has 0 amide bonds. The molecule has 114 valence electrons. The van der Waals surface area contributed by atoms with E-state index in [2.05, 4.69) is 45.3 Å².